The summed E-state index contributed by atoms with van der Waals surface area (Å²) < 4.78 is 5.87. The molecule has 114 valence electrons. The molecule has 0 saturated carbocycles. The predicted molar refractivity (Wildman–Crippen MR) is 93.1 cm³/mol. The van der Waals surface area contributed by atoms with Crippen molar-refractivity contribution in [3.8, 4) is 0 Å². The minimum absolute atomic E-state index is 0.138. The molecule has 1 fully saturated rings. The molecule has 2 heteroatoms. The van der Waals surface area contributed by atoms with Gasteiger partial charge in [0.05, 0.1) is 5.60 Å². The average molecular weight is 293 g/mol. The second kappa shape index (κ2) is 6.80. The smallest absolute Gasteiger partial charge is 0.0895 e. The number of para-hydroxylation sites is 1. The molecule has 0 aliphatic carbocycles. The first-order valence-corrected chi connectivity index (χ1v) is 7.91. The third-order valence-electron chi connectivity index (χ3n) is 4.52. The molecule has 0 bridgehead atoms. The topological polar surface area (TPSA) is 12.5 Å². The van der Waals surface area contributed by atoms with Gasteiger partial charge < -0.3 is 9.64 Å². The summed E-state index contributed by atoms with van der Waals surface area (Å²) in [6, 6.07) is 21.0. The van der Waals surface area contributed by atoms with Crippen molar-refractivity contribution in [2.45, 2.75) is 18.4 Å². The number of hydrogen-bond donors (Lipinski definition) is 0. The van der Waals surface area contributed by atoms with Crippen LogP contribution in [0, 0.1) is 0 Å². The number of piperidine rings is 1. The third kappa shape index (κ3) is 3.40. The van der Waals surface area contributed by atoms with Crippen LogP contribution in [0.1, 0.15) is 18.4 Å². The van der Waals surface area contributed by atoms with Gasteiger partial charge in [0.25, 0.3) is 0 Å². The van der Waals surface area contributed by atoms with Gasteiger partial charge in [-0.15, -0.1) is 0 Å². The van der Waals surface area contributed by atoms with Crippen molar-refractivity contribution in [1.82, 2.24) is 0 Å². The Morgan fingerprint density at radius 1 is 0.909 bits per heavy atom. The summed E-state index contributed by atoms with van der Waals surface area (Å²) in [7, 11) is 1.83. The summed E-state index contributed by atoms with van der Waals surface area (Å²) in [5, 5.41) is 0. The Balaban J connectivity index is 1.68. The van der Waals surface area contributed by atoms with E-state index in [4.69, 9.17) is 4.74 Å². The van der Waals surface area contributed by atoms with E-state index in [-0.39, 0.29) is 5.60 Å². The first kappa shape index (κ1) is 14.9. The van der Waals surface area contributed by atoms with Crippen LogP contribution in [-0.4, -0.2) is 25.8 Å². The third-order valence-corrected chi connectivity index (χ3v) is 4.52. The van der Waals surface area contributed by atoms with Gasteiger partial charge >= 0.3 is 0 Å². The lowest BCUT2D eigenvalue weighted by atomic mass is 9.89. The van der Waals surface area contributed by atoms with E-state index in [1.807, 2.05) is 13.2 Å². The van der Waals surface area contributed by atoms with Crippen LogP contribution in [0.15, 0.2) is 66.7 Å². The van der Waals surface area contributed by atoms with Crippen LogP contribution in [0.4, 0.5) is 5.69 Å². The molecule has 0 aromatic heterocycles. The summed E-state index contributed by atoms with van der Waals surface area (Å²) in [4.78, 5) is 2.44. The second-order valence-corrected chi connectivity index (χ2v) is 5.84. The monoisotopic (exact) mass is 293 g/mol. The van der Waals surface area contributed by atoms with E-state index >= 15 is 0 Å². The molecule has 2 aromatic rings. The molecule has 0 atom stereocenters. The molecule has 0 amide bonds. The molecule has 1 saturated heterocycles. The fourth-order valence-electron chi connectivity index (χ4n) is 3.03. The number of anilines is 1. The Morgan fingerprint density at radius 2 is 1.50 bits per heavy atom. The van der Waals surface area contributed by atoms with Crippen LogP contribution in [-0.2, 0) is 4.74 Å². The lowest BCUT2D eigenvalue weighted by Crippen LogP contribution is -2.44. The highest BCUT2D eigenvalue weighted by molar-refractivity contribution is 5.51. The maximum atomic E-state index is 5.87. The van der Waals surface area contributed by atoms with Crippen molar-refractivity contribution in [2.75, 3.05) is 25.1 Å². The second-order valence-electron chi connectivity index (χ2n) is 5.84. The van der Waals surface area contributed by atoms with E-state index in [1.54, 1.807) is 0 Å². The molecule has 1 heterocycles. The van der Waals surface area contributed by atoms with Crippen LogP contribution < -0.4 is 4.90 Å². The van der Waals surface area contributed by atoms with Gasteiger partial charge in [0, 0.05) is 25.9 Å². The van der Waals surface area contributed by atoms with Crippen LogP contribution in [0.25, 0.3) is 6.08 Å². The van der Waals surface area contributed by atoms with E-state index in [0.29, 0.717) is 0 Å². The van der Waals surface area contributed by atoms with Crippen molar-refractivity contribution in [3.05, 3.63) is 72.3 Å². The Hall–Kier alpha value is -2.06. The summed E-state index contributed by atoms with van der Waals surface area (Å²) in [5.41, 5.74) is 2.39. The maximum absolute atomic E-state index is 5.87. The number of hydrogen-bond acceptors (Lipinski definition) is 2. The maximum Gasteiger partial charge on any atom is 0.0895 e. The molecule has 0 N–H and O–H groups in total. The van der Waals surface area contributed by atoms with Gasteiger partial charge in [-0.3, -0.25) is 0 Å². The lowest BCUT2D eigenvalue weighted by molar-refractivity contribution is 0.0130. The normalized spacial score (nSPS) is 17.8. The number of ether oxygens (including phenoxy) is 1. The molecule has 1 aliphatic rings. The van der Waals surface area contributed by atoms with E-state index in [9.17, 15) is 0 Å². The molecule has 22 heavy (non-hydrogen) atoms. The lowest BCUT2D eigenvalue weighted by Gasteiger charge is -2.40. The highest BCUT2D eigenvalue weighted by Crippen LogP contribution is 2.30. The largest absolute Gasteiger partial charge is 0.374 e. The Labute approximate surface area is 133 Å². The highest BCUT2D eigenvalue weighted by atomic mass is 16.5. The zero-order valence-electron chi connectivity index (χ0n) is 13.1. The zero-order chi connectivity index (χ0) is 15.3. The summed E-state index contributed by atoms with van der Waals surface area (Å²) in [5.74, 6) is 0. The first-order chi connectivity index (χ1) is 10.8. The molecule has 2 aromatic carbocycles. The fourth-order valence-corrected chi connectivity index (χ4v) is 3.03. The Bertz CT molecular complexity index is 598. The van der Waals surface area contributed by atoms with Gasteiger partial charge in [-0.25, -0.2) is 0 Å². The molecular formula is C20H23NO. The molecular weight excluding hydrogens is 270 g/mol. The summed E-state index contributed by atoms with van der Waals surface area (Å²) >= 11 is 0. The number of nitrogens with zero attached hydrogens (tertiary/aromatic N) is 1. The predicted octanol–water partition coefficient (Wildman–Crippen LogP) is 4.39. The van der Waals surface area contributed by atoms with Crippen LogP contribution in [0.3, 0.4) is 0 Å². The van der Waals surface area contributed by atoms with Gasteiger partial charge in [0.2, 0.25) is 0 Å². The molecule has 3 rings (SSSR count). The highest BCUT2D eigenvalue weighted by Gasteiger charge is 2.32. The number of methoxy groups -OCH3 is 1. The van der Waals surface area contributed by atoms with Crippen molar-refractivity contribution < 1.29 is 4.74 Å². The van der Waals surface area contributed by atoms with Crippen molar-refractivity contribution in [3.63, 3.8) is 0 Å². The standard InChI is InChI=1S/C20H23NO/c1-22-20(13-12-18-8-4-2-5-9-18)14-16-21(17-15-20)19-10-6-3-7-11-19/h2-13H,14-17H2,1H3. The minimum atomic E-state index is -0.138. The van der Waals surface area contributed by atoms with Gasteiger partial charge in [0.1, 0.15) is 0 Å². The summed E-state index contributed by atoms with van der Waals surface area (Å²) in [6.45, 7) is 2.05. The summed E-state index contributed by atoms with van der Waals surface area (Å²) in [6.07, 6.45) is 6.45. The van der Waals surface area contributed by atoms with Gasteiger partial charge in [-0.05, 0) is 30.5 Å². The molecule has 0 spiro atoms. The quantitative estimate of drug-likeness (QED) is 0.829. The SMILES string of the molecule is COC1(C=Cc2ccccc2)CCN(c2ccccc2)CC1. The average Bonchev–Trinajstić information content (AvgIpc) is 2.62. The van der Waals surface area contributed by atoms with E-state index < -0.39 is 0 Å². The zero-order valence-corrected chi connectivity index (χ0v) is 13.1. The molecule has 0 unspecified atom stereocenters. The van der Waals surface area contributed by atoms with Crippen molar-refractivity contribution in [2.24, 2.45) is 0 Å². The number of rotatable bonds is 4. The van der Waals surface area contributed by atoms with Crippen LogP contribution >= 0.6 is 0 Å². The minimum Gasteiger partial charge on any atom is -0.374 e. The fraction of sp³-hybridized carbons (Fsp3) is 0.300. The van der Waals surface area contributed by atoms with Gasteiger partial charge in [-0.1, -0.05) is 60.7 Å². The van der Waals surface area contributed by atoms with Crippen LogP contribution in [0.5, 0.6) is 0 Å². The first-order valence-electron chi connectivity index (χ1n) is 7.91. The molecule has 1 aliphatic heterocycles. The van der Waals surface area contributed by atoms with Gasteiger partial charge in [-0.2, -0.15) is 0 Å². The van der Waals surface area contributed by atoms with Gasteiger partial charge in [0.15, 0.2) is 0 Å². The van der Waals surface area contributed by atoms with E-state index in [1.165, 1.54) is 11.3 Å². The van der Waals surface area contributed by atoms with E-state index in [2.05, 4.69) is 71.6 Å². The van der Waals surface area contributed by atoms with Crippen LogP contribution in [0.2, 0.25) is 0 Å². The molecule has 0 radical (unpaired) electrons. The van der Waals surface area contributed by atoms with Crippen molar-refractivity contribution >= 4 is 11.8 Å². The molecule has 2 nitrogen and oxygen atoms in total. The van der Waals surface area contributed by atoms with E-state index in [0.717, 1.165) is 25.9 Å². The number of benzene rings is 2. The van der Waals surface area contributed by atoms with Crippen molar-refractivity contribution in [1.29, 1.82) is 0 Å². The Morgan fingerprint density at radius 3 is 2.09 bits per heavy atom. The Kier molecular flexibility index (Phi) is 4.59.